The van der Waals surface area contributed by atoms with Crippen LogP contribution in [-0.4, -0.2) is 0 Å². The molecule has 0 N–H and O–H groups in total. The van der Waals surface area contributed by atoms with Crippen LogP contribution in [-0.2, 0) is 0 Å². The van der Waals surface area contributed by atoms with Gasteiger partial charge in [0.15, 0.2) is 0 Å². The number of benzene rings is 4. The Morgan fingerprint density at radius 3 is 2.21 bits per heavy atom. The lowest BCUT2D eigenvalue weighted by Crippen LogP contribution is -1.89. The minimum Gasteiger partial charge on any atom is -0.456 e. The van der Waals surface area contributed by atoms with E-state index in [0.717, 1.165) is 21.0 Å². The fraction of sp³-hybridized carbons (Fsp3) is 0.0769. The molecule has 1 aromatic heterocycles. The molecule has 0 fully saturated rings. The molecule has 5 rings (SSSR count). The highest BCUT2D eigenvalue weighted by molar-refractivity contribution is 9.10. The van der Waals surface area contributed by atoms with Crippen molar-refractivity contribution in [2.75, 3.05) is 0 Å². The first-order valence-electron chi connectivity index (χ1n) is 9.39. The van der Waals surface area contributed by atoms with Crippen LogP contribution in [0.2, 0.25) is 0 Å². The Bertz CT molecular complexity index is 1340. The second-order valence-corrected chi connectivity index (χ2v) is 8.18. The number of para-hydroxylation sites is 1. The van der Waals surface area contributed by atoms with E-state index in [1.165, 1.54) is 38.8 Å². The van der Waals surface area contributed by atoms with Gasteiger partial charge >= 0.3 is 0 Å². The van der Waals surface area contributed by atoms with E-state index >= 15 is 0 Å². The summed E-state index contributed by atoms with van der Waals surface area (Å²) in [6.07, 6.45) is 0. The maximum Gasteiger partial charge on any atom is 0.136 e. The molecule has 28 heavy (non-hydrogen) atoms. The first-order valence-corrected chi connectivity index (χ1v) is 10.2. The molecule has 0 unspecified atom stereocenters. The molecule has 1 heterocycles. The zero-order valence-electron chi connectivity index (χ0n) is 15.8. The molecule has 0 aliphatic heterocycles. The molecule has 5 aromatic rings. The van der Waals surface area contributed by atoms with Gasteiger partial charge in [0.25, 0.3) is 0 Å². The summed E-state index contributed by atoms with van der Waals surface area (Å²) in [5, 5.41) is 2.34. The fourth-order valence-corrected chi connectivity index (χ4v) is 4.34. The quantitative estimate of drug-likeness (QED) is 0.276. The third kappa shape index (κ3) is 2.76. The molecular formula is C26H19BrO. The van der Waals surface area contributed by atoms with Gasteiger partial charge in [-0.15, -0.1) is 0 Å². The van der Waals surface area contributed by atoms with Crippen molar-refractivity contribution < 1.29 is 4.42 Å². The van der Waals surface area contributed by atoms with E-state index in [1.807, 2.05) is 18.2 Å². The predicted molar refractivity (Wildman–Crippen MR) is 122 cm³/mol. The number of furan rings is 1. The minimum atomic E-state index is 0.930. The molecule has 2 heteroatoms. The average molecular weight is 427 g/mol. The fourth-order valence-electron chi connectivity index (χ4n) is 3.98. The maximum atomic E-state index is 6.08. The van der Waals surface area contributed by atoms with Crippen molar-refractivity contribution in [3.63, 3.8) is 0 Å². The van der Waals surface area contributed by atoms with Gasteiger partial charge in [0.1, 0.15) is 11.2 Å². The largest absolute Gasteiger partial charge is 0.456 e. The van der Waals surface area contributed by atoms with E-state index in [-0.39, 0.29) is 0 Å². The third-order valence-electron chi connectivity index (χ3n) is 5.44. The number of hydrogen-bond acceptors (Lipinski definition) is 1. The number of rotatable bonds is 2. The van der Waals surface area contributed by atoms with Crippen molar-refractivity contribution >= 4 is 37.9 Å². The smallest absolute Gasteiger partial charge is 0.136 e. The van der Waals surface area contributed by atoms with Gasteiger partial charge in [-0.1, -0.05) is 64.5 Å². The Hall–Kier alpha value is -2.84. The zero-order chi connectivity index (χ0) is 19.3. The first-order chi connectivity index (χ1) is 13.6. The number of fused-ring (bicyclic) bond motifs is 3. The van der Waals surface area contributed by atoms with E-state index in [0.29, 0.717) is 0 Å². The Labute approximate surface area is 172 Å². The first kappa shape index (κ1) is 17.3. The lowest BCUT2D eigenvalue weighted by molar-refractivity contribution is 0.669. The van der Waals surface area contributed by atoms with Crippen molar-refractivity contribution in [1.82, 2.24) is 0 Å². The molecule has 0 spiro atoms. The lowest BCUT2D eigenvalue weighted by Gasteiger charge is -2.13. The highest BCUT2D eigenvalue weighted by Gasteiger charge is 2.14. The minimum absolute atomic E-state index is 0.930. The summed E-state index contributed by atoms with van der Waals surface area (Å²) >= 11 is 3.62. The highest BCUT2D eigenvalue weighted by atomic mass is 79.9. The van der Waals surface area contributed by atoms with Crippen LogP contribution in [0.1, 0.15) is 11.1 Å². The van der Waals surface area contributed by atoms with Gasteiger partial charge in [0, 0.05) is 15.2 Å². The van der Waals surface area contributed by atoms with Gasteiger partial charge in [0.05, 0.1) is 0 Å². The van der Waals surface area contributed by atoms with E-state index in [9.17, 15) is 0 Å². The van der Waals surface area contributed by atoms with Crippen molar-refractivity contribution in [3.8, 4) is 22.3 Å². The predicted octanol–water partition coefficient (Wildman–Crippen LogP) is 8.30. The summed E-state index contributed by atoms with van der Waals surface area (Å²) < 4.78 is 7.18. The van der Waals surface area contributed by atoms with Crippen LogP contribution < -0.4 is 0 Å². The van der Waals surface area contributed by atoms with Crippen LogP contribution in [0, 0.1) is 13.8 Å². The number of hydrogen-bond donors (Lipinski definition) is 0. The summed E-state index contributed by atoms with van der Waals surface area (Å²) in [6.45, 7) is 4.34. The zero-order valence-corrected chi connectivity index (χ0v) is 17.4. The van der Waals surface area contributed by atoms with Gasteiger partial charge in [0.2, 0.25) is 0 Å². The number of halogens is 1. The summed E-state index contributed by atoms with van der Waals surface area (Å²) in [7, 11) is 0. The molecule has 0 amide bonds. The van der Waals surface area contributed by atoms with Gasteiger partial charge in [-0.2, -0.15) is 0 Å². The van der Waals surface area contributed by atoms with Crippen molar-refractivity contribution in [2.24, 2.45) is 0 Å². The molecule has 136 valence electrons. The number of aryl methyl sites for hydroxylation is 2. The van der Waals surface area contributed by atoms with Gasteiger partial charge in [-0.25, -0.2) is 0 Å². The third-order valence-corrected chi connectivity index (χ3v) is 5.93. The highest BCUT2D eigenvalue weighted by Crippen LogP contribution is 2.39. The van der Waals surface area contributed by atoms with Crippen molar-refractivity contribution in [3.05, 3.63) is 94.5 Å². The Morgan fingerprint density at radius 2 is 1.36 bits per heavy atom. The van der Waals surface area contributed by atoms with Crippen LogP contribution in [0.3, 0.4) is 0 Å². The second-order valence-electron chi connectivity index (χ2n) is 7.27. The van der Waals surface area contributed by atoms with E-state index in [1.54, 1.807) is 0 Å². The Morgan fingerprint density at radius 1 is 0.643 bits per heavy atom. The second kappa shape index (κ2) is 6.65. The monoisotopic (exact) mass is 426 g/mol. The van der Waals surface area contributed by atoms with Crippen LogP contribution in [0.15, 0.2) is 87.8 Å². The Kier molecular flexibility index (Phi) is 4.10. The van der Waals surface area contributed by atoms with E-state index in [4.69, 9.17) is 4.42 Å². The standard InChI is InChI=1S/C26H19BrO/c1-16-10-12-18(14-22(16)23-15-19(27)13-11-17(23)2)20-7-5-9-25-26(20)21-6-3-4-8-24(21)28-25/h3-15H,1-2H3. The topological polar surface area (TPSA) is 13.1 Å². The summed E-state index contributed by atoms with van der Waals surface area (Å²) in [5.41, 5.74) is 9.34. The molecule has 4 aromatic carbocycles. The van der Waals surface area contributed by atoms with Gasteiger partial charge in [-0.3, -0.25) is 0 Å². The lowest BCUT2D eigenvalue weighted by atomic mass is 9.91. The summed E-state index contributed by atoms with van der Waals surface area (Å²) in [6, 6.07) is 27.8. The SMILES string of the molecule is Cc1ccc(Br)cc1-c1cc(-c2cccc3oc4ccccc4c23)ccc1C. The molecule has 0 aliphatic carbocycles. The van der Waals surface area contributed by atoms with Crippen LogP contribution in [0.5, 0.6) is 0 Å². The Balaban J connectivity index is 1.78. The van der Waals surface area contributed by atoms with E-state index < -0.39 is 0 Å². The molecule has 1 nitrogen and oxygen atoms in total. The maximum absolute atomic E-state index is 6.08. The molecular weight excluding hydrogens is 408 g/mol. The van der Waals surface area contributed by atoms with Crippen LogP contribution in [0.4, 0.5) is 0 Å². The molecule has 0 radical (unpaired) electrons. The van der Waals surface area contributed by atoms with Crippen molar-refractivity contribution in [1.29, 1.82) is 0 Å². The van der Waals surface area contributed by atoms with E-state index in [2.05, 4.69) is 90.4 Å². The molecule has 0 saturated carbocycles. The van der Waals surface area contributed by atoms with Gasteiger partial charge in [-0.05, 0) is 77.6 Å². The van der Waals surface area contributed by atoms with Crippen molar-refractivity contribution in [2.45, 2.75) is 13.8 Å². The summed E-state index contributed by atoms with van der Waals surface area (Å²) in [4.78, 5) is 0. The molecule has 0 aliphatic rings. The van der Waals surface area contributed by atoms with Crippen LogP contribution in [0.25, 0.3) is 44.2 Å². The average Bonchev–Trinajstić information content (AvgIpc) is 3.09. The summed E-state index contributed by atoms with van der Waals surface area (Å²) in [5.74, 6) is 0. The van der Waals surface area contributed by atoms with Gasteiger partial charge < -0.3 is 4.42 Å². The molecule has 0 bridgehead atoms. The van der Waals surface area contributed by atoms with Crippen LogP contribution >= 0.6 is 15.9 Å². The normalized spacial score (nSPS) is 11.4. The molecule has 0 atom stereocenters. The molecule has 0 saturated heterocycles.